The molecule has 7 nitrogen and oxygen atoms in total. The molecule has 0 unspecified atom stereocenters. The Kier molecular flexibility index (Phi) is 4.46. The van der Waals surface area contributed by atoms with Gasteiger partial charge in [0, 0.05) is 11.6 Å². The molecule has 0 aliphatic carbocycles. The molecule has 0 spiro atoms. The van der Waals surface area contributed by atoms with Crippen LogP contribution in [0.25, 0.3) is 0 Å². The van der Waals surface area contributed by atoms with E-state index in [0.29, 0.717) is 5.56 Å². The van der Waals surface area contributed by atoms with Gasteiger partial charge in [0.2, 0.25) is 0 Å². The van der Waals surface area contributed by atoms with E-state index >= 15 is 0 Å². The van der Waals surface area contributed by atoms with Gasteiger partial charge in [-0.25, -0.2) is 13.1 Å². The fraction of sp³-hybridized carbons (Fsp3) is 0.133. The number of nitrogens with zero attached hydrogens (tertiary/aromatic N) is 1. The maximum Gasteiger partial charge on any atom is 0.289 e. The molecule has 8 heteroatoms. The summed E-state index contributed by atoms with van der Waals surface area (Å²) >= 11 is 0. The Morgan fingerprint density at radius 1 is 1.09 bits per heavy atom. The Balaban J connectivity index is 2.41. The number of hydrogen-bond acceptors (Lipinski definition) is 5. The van der Waals surface area contributed by atoms with E-state index in [2.05, 4.69) is 0 Å². The number of benzene rings is 2. The zero-order valence-electron chi connectivity index (χ0n) is 12.4. The standard InChI is InChI=1S/C15H14N2O5S/c1-10-6-5-7-12(11(10)2)15(18)16-23(21,22)14-9-4-3-8-13(14)17(19)20/h3-9H,1-2H3,(H,16,18). The lowest BCUT2D eigenvalue weighted by Gasteiger charge is -2.10. The summed E-state index contributed by atoms with van der Waals surface area (Å²) < 4.78 is 26.5. The molecule has 120 valence electrons. The van der Waals surface area contributed by atoms with E-state index in [9.17, 15) is 23.3 Å². The molecule has 0 atom stereocenters. The van der Waals surface area contributed by atoms with Crippen molar-refractivity contribution in [1.29, 1.82) is 0 Å². The number of hydrogen-bond donors (Lipinski definition) is 1. The molecule has 2 aromatic rings. The molecule has 0 aromatic heterocycles. The number of nitro benzene ring substituents is 1. The van der Waals surface area contributed by atoms with E-state index in [-0.39, 0.29) is 5.56 Å². The number of para-hydroxylation sites is 1. The molecule has 0 radical (unpaired) electrons. The summed E-state index contributed by atoms with van der Waals surface area (Å²) in [6.45, 7) is 3.49. The van der Waals surface area contributed by atoms with Crippen LogP contribution in [-0.2, 0) is 10.0 Å². The maximum absolute atomic E-state index is 12.3. The van der Waals surface area contributed by atoms with Crippen molar-refractivity contribution in [2.24, 2.45) is 0 Å². The monoisotopic (exact) mass is 334 g/mol. The zero-order valence-corrected chi connectivity index (χ0v) is 13.3. The van der Waals surface area contributed by atoms with Crippen LogP contribution in [0.5, 0.6) is 0 Å². The van der Waals surface area contributed by atoms with Gasteiger partial charge in [-0.1, -0.05) is 24.3 Å². The molecule has 1 amide bonds. The molecule has 0 saturated heterocycles. The average molecular weight is 334 g/mol. The molecule has 0 aliphatic heterocycles. The number of rotatable bonds is 4. The summed E-state index contributed by atoms with van der Waals surface area (Å²) in [5, 5.41) is 11.0. The second-order valence-corrected chi connectivity index (χ2v) is 6.56. The number of carbonyl (C=O) groups excluding carboxylic acids is 1. The molecule has 0 aliphatic rings. The van der Waals surface area contributed by atoms with Crippen molar-refractivity contribution in [3.63, 3.8) is 0 Å². The van der Waals surface area contributed by atoms with Crippen LogP contribution in [0.4, 0.5) is 5.69 Å². The minimum Gasteiger partial charge on any atom is -0.268 e. The van der Waals surface area contributed by atoms with Crippen LogP contribution < -0.4 is 4.72 Å². The van der Waals surface area contributed by atoms with Crippen LogP contribution in [-0.4, -0.2) is 19.2 Å². The Morgan fingerprint density at radius 2 is 1.74 bits per heavy atom. The second kappa shape index (κ2) is 6.17. The highest BCUT2D eigenvalue weighted by Crippen LogP contribution is 2.23. The van der Waals surface area contributed by atoms with Gasteiger partial charge in [-0.2, -0.15) is 0 Å². The number of nitrogens with one attached hydrogen (secondary N) is 1. The van der Waals surface area contributed by atoms with Crippen LogP contribution in [0.1, 0.15) is 21.5 Å². The molecule has 1 N–H and O–H groups in total. The Labute approximate surface area is 133 Å². The highest BCUT2D eigenvalue weighted by atomic mass is 32.2. The topological polar surface area (TPSA) is 106 Å². The predicted octanol–water partition coefficient (Wildman–Crippen LogP) is 2.33. The van der Waals surface area contributed by atoms with Crippen molar-refractivity contribution >= 4 is 21.6 Å². The van der Waals surface area contributed by atoms with Gasteiger partial charge in [0.05, 0.1) is 4.92 Å². The third-order valence-electron chi connectivity index (χ3n) is 3.43. The van der Waals surface area contributed by atoms with E-state index in [1.807, 2.05) is 4.72 Å². The van der Waals surface area contributed by atoms with E-state index < -0.39 is 31.4 Å². The highest BCUT2D eigenvalue weighted by Gasteiger charge is 2.27. The summed E-state index contributed by atoms with van der Waals surface area (Å²) in [6, 6.07) is 9.77. The minimum atomic E-state index is -4.35. The van der Waals surface area contributed by atoms with Gasteiger partial charge in [0.1, 0.15) is 0 Å². The summed E-state index contributed by atoms with van der Waals surface area (Å²) in [7, 11) is -4.35. The van der Waals surface area contributed by atoms with Crippen molar-refractivity contribution in [2.45, 2.75) is 18.7 Å². The lowest BCUT2D eigenvalue weighted by molar-refractivity contribution is -0.387. The minimum absolute atomic E-state index is 0.201. The first-order valence-corrected chi connectivity index (χ1v) is 8.09. The number of aryl methyl sites for hydroxylation is 1. The third-order valence-corrected chi connectivity index (χ3v) is 4.81. The van der Waals surface area contributed by atoms with Crippen LogP contribution >= 0.6 is 0 Å². The summed E-state index contributed by atoms with van der Waals surface area (Å²) in [6.07, 6.45) is 0. The lowest BCUT2D eigenvalue weighted by atomic mass is 10.0. The number of nitro groups is 1. The number of sulfonamides is 1. The number of amides is 1. The van der Waals surface area contributed by atoms with E-state index in [1.54, 1.807) is 26.0 Å². The molecule has 0 bridgehead atoms. The van der Waals surface area contributed by atoms with Crippen LogP contribution in [0.15, 0.2) is 47.4 Å². The zero-order chi connectivity index (χ0) is 17.2. The molecule has 2 aromatic carbocycles. The first-order valence-electron chi connectivity index (χ1n) is 6.61. The van der Waals surface area contributed by atoms with Gasteiger partial charge in [-0.15, -0.1) is 0 Å². The quantitative estimate of drug-likeness (QED) is 0.682. The van der Waals surface area contributed by atoms with Crippen molar-refractivity contribution in [3.05, 3.63) is 69.3 Å². The Bertz CT molecular complexity index is 890. The highest BCUT2D eigenvalue weighted by molar-refractivity contribution is 7.90. The first kappa shape index (κ1) is 16.6. The largest absolute Gasteiger partial charge is 0.289 e. The summed E-state index contributed by atoms with van der Waals surface area (Å²) in [5.74, 6) is -0.829. The number of carbonyl (C=O) groups is 1. The fourth-order valence-corrected chi connectivity index (χ4v) is 3.20. The average Bonchev–Trinajstić information content (AvgIpc) is 2.49. The normalized spacial score (nSPS) is 11.0. The van der Waals surface area contributed by atoms with Gasteiger partial charge in [-0.3, -0.25) is 14.9 Å². The van der Waals surface area contributed by atoms with E-state index in [4.69, 9.17) is 0 Å². The SMILES string of the molecule is Cc1cccc(C(=O)NS(=O)(=O)c2ccccc2[N+](=O)[O-])c1C. The van der Waals surface area contributed by atoms with Gasteiger partial charge in [0.15, 0.2) is 4.90 Å². The van der Waals surface area contributed by atoms with Crippen LogP contribution in [0, 0.1) is 24.0 Å². The third kappa shape index (κ3) is 3.37. The van der Waals surface area contributed by atoms with Gasteiger partial charge < -0.3 is 0 Å². The molecular weight excluding hydrogens is 320 g/mol. The molecule has 0 fully saturated rings. The molecule has 23 heavy (non-hydrogen) atoms. The van der Waals surface area contributed by atoms with Gasteiger partial charge in [-0.05, 0) is 37.1 Å². The van der Waals surface area contributed by atoms with Crippen LogP contribution in [0.3, 0.4) is 0 Å². The molecule has 2 rings (SSSR count). The molecule has 0 saturated carbocycles. The Morgan fingerprint density at radius 3 is 2.39 bits per heavy atom. The summed E-state index contributed by atoms with van der Waals surface area (Å²) in [4.78, 5) is 21.8. The predicted molar refractivity (Wildman–Crippen MR) is 83.7 cm³/mol. The van der Waals surface area contributed by atoms with E-state index in [0.717, 1.165) is 17.7 Å². The van der Waals surface area contributed by atoms with Gasteiger partial charge in [0.25, 0.3) is 21.6 Å². The van der Waals surface area contributed by atoms with Crippen molar-refractivity contribution in [3.8, 4) is 0 Å². The summed E-state index contributed by atoms with van der Waals surface area (Å²) in [5.41, 5.74) is 1.09. The van der Waals surface area contributed by atoms with E-state index in [1.165, 1.54) is 18.2 Å². The fourth-order valence-electron chi connectivity index (χ4n) is 2.06. The lowest BCUT2D eigenvalue weighted by Crippen LogP contribution is -2.31. The van der Waals surface area contributed by atoms with Crippen LogP contribution in [0.2, 0.25) is 0 Å². The maximum atomic E-state index is 12.3. The smallest absolute Gasteiger partial charge is 0.268 e. The van der Waals surface area contributed by atoms with Crippen molar-refractivity contribution in [1.82, 2.24) is 4.72 Å². The second-order valence-electron chi connectivity index (χ2n) is 4.91. The van der Waals surface area contributed by atoms with Crippen molar-refractivity contribution < 1.29 is 18.1 Å². The van der Waals surface area contributed by atoms with Crippen molar-refractivity contribution in [2.75, 3.05) is 0 Å². The Hall–Kier alpha value is -2.74. The molecular formula is C15H14N2O5S. The first-order chi connectivity index (χ1) is 10.7. The molecule has 0 heterocycles. The van der Waals surface area contributed by atoms with Gasteiger partial charge >= 0.3 is 0 Å².